The van der Waals surface area contributed by atoms with E-state index in [1.165, 1.54) is 17.7 Å². The number of nitrogens with one attached hydrogen (secondary N) is 1. The van der Waals surface area contributed by atoms with Gasteiger partial charge in [0.1, 0.15) is 5.82 Å². The number of carbonyl (C=O) groups is 2. The topological polar surface area (TPSA) is 55.9 Å². The van der Waals surface area contributed by atoms with Crippen molar-refractivity contribution in [1.29, 1.82) is 0 Å². The van der Waals surface area contributed by atoms with Gasteiger partial charge in [-0.05, 0) is 36.1 Å². The van der Waals surface area contributed by atoms with Crippen molar-refractivity contribution in [2.45, 2.75) is 31.5 Å². The fourth-order valence-corrected chi connectivity index (χ4v) is 5.30. The zero-order chi connectivity index (χ0) is 23.7. The van der Waals surface area contributed by atoms with Crippen molar-refractivity contribution in [3.63, 3.8) is 0 Å². The third-order valence-electron chi connectivity index (χ3n) is 6.99. The number of amides is 3. The van der Waals surface area contributed by atoms with Crippen molar-refractivity contribution in [3.8, 4) is 0 Å². The molecule has 7 heteroatoms. The maximum atomic E-state index is 14.0. The zero-order valence-electron chi connectivity index (χ0n) is 19.1. The molecule has 5 rings (SSSR count). The molecule has 176 valence electrons. The van der Waals surface area contributed by atoms with E-state index in [2.05, 4.69) is 41.1 Å². The number of hydrogen-bond donors (Lipinski definition) is 1. The molecule has 6 nitrogen and oxygen atoms in total. The summed E-state index contributed by atoms with van der Waals surface area (Å²) < 4.78 is 14.0. The van der Waals surface area contributed by atoms with Gasteiger partial charge in [0, 0.05) is 32.2 Å². The third kappa shape index (κ3) is 4.23. The molecule has 1 atom stereocenters. The van der Waals surface area contributed by atoms with Crippen molar-refractivity contribution >= 4 is 11.9 Å². The van der Waals surface area contributed by atoms with Crippen molar-refractivity contribution in [2.24, 2.45) is 0 Å². The molecule has 34 heavy (non-hydrogen) atoms. The Bertz CT molecular complexity index is 1120. The molecule has 0 bridgehead atoms. The highest BCUT2D eigenvalue weighted by atomic mass is 19.1. The summed E-state index contributed by atoms with van der Waals surface area (Å²) in [6, 6.07) is 15.7. The van der Waals surface area contributed by atoms with Gasteiger partial charge in [-0.2, -0.15) is 0 Å². The number of benzene rings is 2. The Labute approximate surface area is 199 Å². The Balaban J connectivity index is 1.35. The van der Waals surface area contributed by atoms with Crippen molar-refractivity contribution in [1.82, 2.24) is 20.0 Å². The van der Waals surface area contributed by atoms with Gasteiger partial charge >= 0.3 is 6.03 Å². The van der Waals surface area contributed by atoms with Gasteiger partial charge in [0.15, 0.2) is 0 Å². The summed E-state index contributed by atoms with van der Waals surface area (Å²) in [7, 11) is 0. The molecular formula is C27H29FN4O2. The van der Waals surface area contributed by atoms with Gasteiger partial charge in [-0.1, -0.05) is 48.5 Å². The van der Waals surface area contributed by atoms with Crippen LogP contribution in [0.4, 0.5) is 9.18 Å². The summed E-state index contributed by atoms with van der Waals surface area (Å²) in [4.78, 5) is 32.5. The molecule has 0 aromatic heterocycles. The Morgan fingerprint density at radius 3 is 2.53 bits per heavy atom. The molecule has 3 heterocycles. The van der Waals surface area contributed by atoms with Gasteiger partial charge in [0.2, 0.25) is 0 Å². The van der Waals surface area contributed by atoms with Crippen LogP contribution in [-0.2, 0) is 11.3 Å². The molecule has 1 fully saturated rings. The van der Waals surface area contributed by atoms with E-state index in [1.54, 1.807) is 23.1 Å². The molecule has 0 radical (unpaired) electrons. The normalized spacial score (nSPS) is 21.6. The Kier molecular flexibility index (Phi) is 6.20. The molecule has 0 saturated carbocycles. The van der Waals surface area contributed by atoms with Crippen LogP contribution in [0, 0.1) is 5.82 Å². The van der Waals surface area contributed by atoms with Gasteiger partial charge in [-0.3, -0.25) is 14.6 Å². The minimum Gasteiger partial charge on any atom is -0.330 e. The fraction of sp³-hybridized carbons (Fsp3) is 0.333. The molecule has 1 N–H and O–H groups in total. The van der Waals surface area contributed by atoms with Crippen LogP contribution in [0.1, 0.15) is 30.0 Å². The Morgan fingerprint density at radius 2 is 1.82 bits per heavy atom. The number of piperidine rings is 1. The molecule has 1 unspecified atom stereocenters. The third-order valence-corrected chi connectivity index (χ3v) is 6.99. The van der Waals surface area contributed by atoms with Crippen LogP contribution in [-0.4, -0.2) is 58.9 Å². The molecule has 3 aliphatic rings. The second-order valence-corrected chi connectivity index (χ2v) is 9.12. The largest absolute Gasteiger partial charge is 0.330 e. The quantitative estimate of drug-likeness (QED) is 0.667. The number of likely N-dealkylation sites (tertiary alicyclic amines) is 1. The van der Waals surface area contributed by atoms with Crippen LogP contribution in [0.25, 0.3) is 0 Å². The minimum atomic E-state index is -0.657. The number of urea groups is 1. The van der Waals surface area contributed by atoms with Crippen LogP contribution < -0.4 is 5.32 Å². The van der Waals surface area contributed by atoms with Crippen LogP contribution in [0.2, 0.25) is 0 Å². The Hall–Kier alpha value is -3.45. The van der Waals surface area contributed by atoms with Gasteiger partial charge in [-0.15, -0.1) is 6.58 Å². The second-order valence-electron chi connectivity index (χ2n) is 9.12. The molecule has 0 aliphatic carbocycles. The molecule has 3 aliphatic heterocycles. The number of rotatable bonds is 6. The second kappa shape index (κ2) is 9.43. The SMILES string of the molecule is C=CCN1C(=O)NC(c2cccc(F)c2)C2=C1CN(C1CCN(Cc3ccccc3)CC1)C2=O. The van der Waals surface area contributed by atoms with E-state index in [9.17, 15) is 14.0 Å². The molecular weight excluding hydrogens is 431 g/mol. The summed E-state index contributed by atoms with van der Waals surface area (Å²) in [5.74, 6) is -0.463. The lowest BCUT2D eigenvalue weighted by molar-refractivity contribution is -0.128. The maximum Gasteiger partial charge on any atom is 0.322 e. The summed E-state index contributed by atoms with van der Waals surface area (Å²) >= 11 is 0. The molecule has 1 saturated heterocycles. The first kappa shape index (κ1) is 22.3. The van der Waals surface area contributed by atoms with E-state index in [0.717, 1.165) is 32.5 Å². The number of halogens is 1. The monoisotopic (exact) mass is 460 g/mol. The average molecular weight is 461 g/mol. The lowest BCUT2D eigenvalue weighted by Gasteiger charge is -2.37. The van der Waals surface area contributed by atoms with Gasteiger partial charge in [-0.25, -0.2) is 9.18 Å². The van der Waals surface area contributed by atoms with Crippen molar-refractivity contribution < 1.29 is 14.0 Å². The minimum absolute atomic E-state index is 0.0696. The number of nitrogens with zero attached hydrogens (tertiary/aromatic N) is 3. The molecule has 2 aromatic rings. The first-order valence-electron chi connectivity index (χ1n) is 11.8. The van der Waals surface area contributed by atoms with Gasteiger partial charge < -0.3 is 10.2 Å². The lowest BCUT2D eigenvalue weighted by atomic mass is 9.95. The van der Waals surface area contributed by atoms with E-state index < -0.39 is 11.9 Å². The van der Waals surface area contributed by atoms with Gasteiger partial charge in [0.25, 0.3) is 5.91 Å². The lowest BCUT2D eigenvalue weighted by Crippen LogP contribution is -2.47. The van der Waals surface area contributed by atoms with E-state index in [0.29, 0.717) is 29.9 Å². The highest BCUT2D eigenvalue weighted by molar-refractivity contribution is 6.01. The van der Waals surface area contributed by atoms with E-state index in [4.69, 9.17) is 0 Å². The first-order chi connectivity index (χ1) is 16.5. The van der Waals surface area contributed by atoms with Crippen LogP contribution in [0.3, 0.4) is 0 Å². The van der Waals surface area contributed by atoms with Crippen LogP contribution in [0.15, 0.2) is 78.5 Å². The highest BCUT2D eigenvalue weighted by Gasteiger charge is 2.45. The van der Waals surface area contributed by atoms with Crippen molar-refractivity contribution in [2.75, 3.05) is 26.2 Å². The van der Waals surface area contributed by atoms with Gasteiger partial charge in [0.05, 0.1) is 23.9 Å². The average Bonchev–Trinajstić information content (AvgIpc) is 3.19. The predicted molar refractivity (Wildman–Crippen MR) is 128 cm³/mol. The maximum absolute atomic E-state index is 14.0. The summed E-state index contributed by atoms with van der Waals surface area (Å²) in [5, 5.41) is 2.91. The first-order valence-corrected chi connectivity index (χ1v) is 11.8. The fourth-order valence-electron chi connectivity index (χ4n) is 5.30. The zero-order valence-corrected chi connectivity index (χ0v) is 19.1. The van der Waals surface area contributed by atoms with E-state index >= 15 is 0 Å². The van der Waals surface area contributed by atoms with E-state index in [-0.39, 0.29) is 18.0 Å². The summed E-state index contributed by atoms with van der Waals surface area (Å²) in [6.45, 7) is 7.20. The van der Waals surface area contributed by atoms with Crippen LogP contribution >= 0.6 is 0 Å². The van der Waals surface area contributed by atoms with E-state index in [1.807, 2.05) is 11.0 Å². The molecule has 0 spiro atoms. The highest BCUT2D eigenvalue weighted by Crippen LogP contribution is 2.38. The smallest absolute Gasteiger partial charge is 0.322 e. The Morgan fingerprint density at radius 1 is 1.06 bits per heavy atom. The molecule has 3 amide bonds. The predicted octanol–water partition coefficient (Wildman–Crippen LogP) is 3.84. The van der Waals surface area contributed by atoms with Crippen LogP contribution in [0.5, 0.6) is 0 Å². The standard InChI is InChI=1S/C27H29FN4O2/c1-2-13-31-23-18-32(22-11-14-30(15-12-22)17-19-7-4-3-5-8-19)26(33)24(23)25(29-27(31)34)20-9-6-10-21(28)16-20/h2-10,16,22,25H,1,11-15,17-18H2,(H,29,34). The number of carbonyl (C=O) groups excluding carboxylic acids is 2. The summed E-state index contributed by atoms with van der Waals surface area (Å²) in [6.07, 6.45) is 3.42. The van der Waals surface area contributed by atoms with Crippen molar-refractivity contribution in [3.05, 3.63) is 95.5 Å². The molecule has 2 aromatic carbocycles. The summed E-state index contributed by atoms with van der Waals surface area (Å²) in [5.41, 5.74) is 3.11. The number of hydrogen-bond acceptors (Lipinski definition) is 3.